The number of hydrogen-bond acceptors (Lipinski definition) is 3. The summed E-state index contributed by atoms with van der Waals surface area (Å²) in [7, 11) is 0. The van der Waals surface area contributed by atoms with Crippen molar-refractivity contribution in [2.24, 2.45) is 5.92 Å². The molecule has 1 aliphatic carbocycles. The van der Waals surface area contributed by atoms with E-state index in [-0.39, 0.29) is 6.10 Å². The Balaban J connectivity index is 2.18. The fourth-order valence-corrected chi connectivity index (χ4v) is 2.42. The molecule has 0 aromatic rings. The van der Waals surface area contributed by atoms with Gasteiger partial charge in [0, 0.05) is 6.54 Å². The average Bonchev–Trinajstić information content (AvgIpc) is 2.12. The van der Waals surface area contributed by atoms with Gasteiger partial charge in [0.2, 0.25) is 0 Å². The Kier molecular flexibility index (Phi) is 5.03. The van der Waals surface area contributed by atoms with E-state index >= 15 is 0 Å². The number of aliphatic hydroxyl groups is 2. The van der Waals surface area contributed by atoms with Crippen molar-refractivity contribution in [3.05, 3.63) is 0 Å². The van der Waals surface area contributed by atoms with E-state index in [9.17, 15) is 5.11 Å². The van der Waals surface area contributed by atoms with E-state index in [2.05, 4.69) is 12.2 Å². The van der Waals surface area contributed by atoms with E-state index in [0.29, 0.717) is 12.5 Å². The van der Waals surface area contributed by atoms with Crippen LogP contribution in [-0.4, -0.2) is 35.0 Å². The van der Waals surface area contributed by atoms with Gasteiger partial charge in [-0.15, -0.1) is 0 Å². The summed E-state index contributed by atoms with van der Waals surface area (Å²) in [6.45, 7) is 5.46. The lowest BCUT2D eigenvalue weighted by Gasteiger charge is -2.35. The summed E-state index contributed by atoms with van der Waals surface area (Å²) >= 11 is 0. The molecule has 3 unspecified atom stereocenters. The summed E-state index contributed by atoms with van der Waals surface area (Å²) in [5.41, 5.74) is -0.504. The first-order valence-electron chi connectivity index (χ1n) is 6.13. The van der Waals surface area contributed by atoms with Gasteiger partial charge in [-0.3, -0.25) is 0 Å². The summed E-state index contributed by atoms with van der Waals surface area (Å²) in [5.74, 6) is 0.641. The molecule has 0 saturated heterocycles. The second-order valence-corrected chi connectivity index (χ2v) is 5.24. The Hall–Kier alpha value is -0.120. The predicted molar refractivity (Wildman–Crippen MR) is 61.7 cm³/mol. The second-order valence-electron chi connectivity index (χ2n) is 5.24. The van der Waals surface area contributed by atoms with Gasteiger partial charge in [0.05, 0.1) is 11.7 Å². The molecule has 1 fully saturated rings. The first-order valence-corrected chi connectivity index (χ1v) is 6.13. The number of aliphatic hydroxyl groups excluding tert-OH is 1. The number of hydrogen-bond donors (Lipinski definition) is 3. The van der Waals surface area contributed by atoms with Crippen LogP contribution in [0.5, 0.6) is 0 Å². The van der Waals surface area contributed by atoms with E-state index in [4.69, 9.17) is 5.11 Å². The number of nitrogens with one attached hydrogen (secondary N) is 1. The van der Waals surface area contributed by atoms with Crippen LogP contribution >= 0.6 is 0 Å². The molecule has 0 spiro atoms. The molecule has 3 heteroatoms. The van der Waals surface area contributed by atoms with Crippen molar-refractivity contribution in [3.63, 3.8) is 0 Å². The normalized spacial score (nSPS) is 34.0. The van der Waals surface area contributed by atoms with Crippen LogP contribution in [0.25, 0.3) is 0 Å². The molecule has 1 aliphatic rings. The minimum absolute atomic E-state index is 0.252. The maximum absolute atomic E-state index is 10.3. The highest BCUT2D eigenvalue weighted by molar-refractivity contribution is 4.86. The van der Waals surface area contributed by atoms with Crippen molar-refractivity contribution in [1.29, 1.82) is 0 Å². The molecule has 0 aliphatic heterocycles. The van der Waals surface area contributed by atoms with Crippen molar-refractivity contribution in [2.45, 2.75) is 57.7 Å². The molecule has 0 bridgehead atoms. The van der Waals surface area contributed by atoms with Gasteiger partial charge in [-0.1, -0.05) is 19.8 Å². The smallest absolute Gasteiger partial charge is 0.0774 e. The molecule has 3 nitrogen and oxygen atoms in total. The molecule has 15 heavy (non-hydrogen) atoms. The highest BCUT2D eigenvalue weighted by Crippen LogP contribution is 2.31. The summed E-state index contributed by atoms with van der Waals surface area (Å²) in [6, 6.07) is 0. The first kappa shape index (κ1) is 12.9. The van der Waals surface area contributed by atoms with Crippen LogP contribution in [0.2, 0.25) is 0 Å². The Morgan fingerprint density at radius 3 is 2.87 bits per heavy atom. The van der Waals surface area contributed by atoms with Crippen LogP contribution in [0.15, 0.2) is 0 Å². The summed E-state index contributed by atoms with van der Waals surface area (Å²) in [6.07, 6.45) is 4.71. The molecule has 0 aromatic heterocycles. The fourth-order valence-electron chi connectivity index (χ4n) is 2.42. The van der Waals surface area contributed by atoms with Crippen molar-refractivity contribution in [1.82, 2.24) is 5.32 Å². The minimum atomic E-state index is -0.504. The molecule has 1 saturated carbocycles. The van der Waals surface area contributed by atoms with Crippen LogP contribution in [0.3, 0.4) is 0 Å². The number of rotatable bonds is 5. The van der Waals surface area contributed by atoms with Gasteiger partial charge in [-0.2, -0.15) is 0 Å². The van der Waals surface area contributed by atoms with E-state index in [0.717, 1.165) is 32.2 Å². The average molecular weight is 215 g/mol. The predicted octanol–water partition coefficient (Wildman–Crippen LogP) is 1.29. The van der Waals surface area contributed by atoms with Gasteiger partial charge < -0.3 is 15.5 Å². The maximum Gasteiger partial charge on any atom is 0.0774 e. The van der Waals surface area contributed by atoms with Gasteiger partial charge in [-0.25, -0.2) is 0 Å². The third-order valence-corrected chi connectivity index (χ3v) is 3.26. The van der Waals surface area contributed by atoms with E-state index in [1.165, 1.54) is 6.42 Å². The van der Waals surface area contributed by atoms with E-state index in [1.54, 1.807) is 6.92 Å². The standard InChI is InChI=1S/C12H25NO2/c1-10-4-3-6-12(15,8-10)9-13-7-5-11(2)14/h10-11,13-15H,3-9H2,1-2H3. The zero-order valence-corrected chi connectivity index (χ0v) is 10.00. The molecule has 0 amide bonds. The summed E-state index contributed by atoms with van der Waals surface area (Å²) in [5, 5.41) is 22.6. The van der Waals surface area contributed by atoms with Crippen LogP contribution in [-0.2, 0) is 0 Å². The zero-order valence-electron chi connectivity index (χ0n) is 10.00. The van der Waals surface area contributed by atoms with Crippen LogP contribution in [0.4, 0.5) is 0 Å². The largest absolute Gasteiger partial charge is 0.393 e. The zero-order chi connectivity index (χ0) is 11.3. The SMILES string of the molecule is CC(O)CCNCC1(O)CCCC(C)C1. The molecular formula is C12H25NO2. The Labute approximate surface area is 92.9 Å². The van der Waals surface area contributed by atoms with Crippen LogP contribution in [0.1, 0.15) is 46.0 Å². The Morgan fingerprint density at radius 1 is 1.53 bits per heavy atom. The first-order chi connectivity index (χ1) is 7.02. The lowest BCUT2D eigenvalue weighted by atomic mass is 9.79. The molecule has 3 N–H and O–H groups in total. The monoisotopic (exact) mass is 215 g/mol. The molecule has 0 aromatic carbocycles. The third-order valence-electron chi connectivity index (χ3n) is 3.26. The topological polar surface area (TPSA) is 52.5 Å². The van der Waals surface area contributed by atoms with Gasteiger partial charge in [-0.05, 0) is 38.6 Å². The lowest BCUT2D eigenvalue weighted by molar-refractivity contribution is -0.0120. The van der Waals surface area contributed by atoms with Crippen molar-refractivity contribution in [2.75, 3.05) is 13.1 Å². The van der Waals surface area contributed by atoms with Gasteiger partial charge >= 0.3 is 0 Å². The van der Waals surface area contributed by atoms with Gasteiger partial charge in [0.25, 0.3) is 0 Å². The van der Waals surface area contributed by atoms with E-state index in [1.807, 2.05) is 0 Å². The molecular weight excluding hydrogens is 190 g/mol. The molecule has 90 valence electrons. The maximum atomic E-state index is 10.3. The van der Waals surface area contributed by atoms with Crippen LogP contribution in [0, 0.1) is 5.92 Å². The highest BCUT2D eigenvalue weighted by Gasteiger charge is 2.31. The van der Waals surface area contributed by atoms with Gasteiger partial charge in [0.1, 0.15) is 0 Å². The Bertz CT molecular complexity index is 184. The molecule has 1 rings (SSSR count). The molecule has 0 heterocycles. The summed E-state index contributed by atoms with van der Waals surface area (Å²) in [4.78, 5) is 0. The highest BCUT2D eigenvalue weighted by atomic mass is 16.3. The van der Waals surface area contributed by atoms with Gasteiger partial charge in [0.15, 0.2) is 0 Å². The molecule has 3 atom stereocenters. The molecule has 0 radical (unpaired) electrons. The van der Waals surface area contributed by atoms with Crippen molar-refractivity contribution < 1.29 is 10.2 Å². The van der Waals surface area contributed by atoms with E-state index < -0.39 is 5.60 Å². The lowest BCUT2D eigenvalue weighted by Crippen LogP contribution is -2.44. The van der Waals surface area contributed by atoms with Crippen molar-refractivity contribution >= 4 is 0 Å². The Morgan fingerprint density at radius 2 is 2.27 bits per heavy atom. The minimum Gasteiger partial charge on any atom is -0.393 e. The quantitative estimate of drug-likeness (QED) is 0.606. The van der Waals surface area contributed by atoms with Crippen LogP contribution < -0.4 is 5.32 Å². The van der Waals surface area contributed by atoms with Crippen molar-refractivity contribution in [3.8, 4) is 0 Å². The summed E-state index contributed by atoms with van der Waals surface area (Å²) < 4.78 is 0. The second kappa shape index (κ2) is 5.83. The fraction of sp³-hybridized carbons (Fsp3) is 1.00. The third kappa shape index (κ3) is 4.96.